The van der Waals surface area contributed by atoms with Crippen LogP contribution in [0.3, 0.4) is 0 Å². The molecule has 0 saturated carbocycles. The fraction of sp³-hybridized carbons (Fsp3) is 0.533. The monoisotopic (exact) mass is 264 g/mol. The first-order chi connectivity index (χ1) is 8.91. The summed E-state index contributed by atoms with van der Waals surface area (Å²) >= 11 is 0. The van der Waals surface area contributed by atoms with E-state index >= 15 is 0 Å². The molecule has 0 heterocycles. The standard InChI is InChI=1S/C15H24N2O2/c1-11-7-5-6-8-14(11)16-15(19)13(3)17(4)10-9-12(2)18/h5-8,12-13,18H,9-10H2,1-4H3,(H,16,19). The van der Waals surface area contributed by atoms with Crippen LogP contribution in [0.15, 0.2) is 24.3 Å². The SMILES string of the molecule is Cc1ccccc1NC(=O)C(C)N(C)CCC(C)O. The first-order valence-corrected chi connectivity index (χ1v) is 6.66. The number of aliphatic hydroxyl groups excluding tert-OH is 1. The van der Waals surface area contributed by atoms with Crippen molar-refractivity contribution < 1.29 is 9.90 Å². The molecule has 19 heavy (non-hydrogen) atoms. The first kappa shape index (κ1) is 15.7. The molecule has 1 rings (SSSR count). The van der Waals surface area contributed by atoms with Crippen LogP contribution in [0.5, 0.6) is 0 Å². The summed E-state index contributed by atoms with van der Waals surface area (Å²) in [7, 11) is 1.89. The summed E-state index contributed by atoms with van der Waals surface area (Å²) in [5.74, 6) is -0.0256. The van der Waals surface area contributed by atoms with Crippen molar-refractivity contribution in [1.82, 2.24) is 4.90 Å². The Morgan fingerprint density at radius 2 is 2.00 bits per heavy atom. The maximum absolute atomic E-state index is 12.1. The van der Waals surface area contributed by atoms with E-state index in [1.165, 1.54) is 0 Å². The van der Waals surface area contributed by atoms with Crippen LogP contribution >= 0.6 is 0 Å². The minimum atomic E-state index is -0.339. The molecule has 4 heteroatoms. The number of anilines is 1. The van der Waals surface area contributed by atoms with Crippen molar-refractivity contribution in [1.29, 1.82) is 0 Å². The number of aryl methyl sites for hydroxylation is 1. The summed E-state index contributed by atoms with van der Waals surface area (Å²) in [5.41, 5.74) is 1.90. The quantitative estimate of drug-likeness (QED) is 0.826. The normalized spacial score (nSPS) is 14.2. The molecular formula is C15H24N2O2. The second-order valence-electron chi connectivity index (χ2n) is 5.10. The maximum Gasteiger partial charge on any atom is 0.241 e. The Hall–Kier alpha value is -1.39. The van der Waals surface area contributed by atoms with Crippen LogP contribution in [-0.4, -0.2) is 41.7 Å². The zero-order chi connectivity index (χ0) is 14.4. The number of nitrogens with zero attached hydrogens (tertiary/aromatic N) is 1. The van der Waals surface area contributed by atoms with Crippen molar-refractivity contribution in [3.05, 3.63) is 29.8 Å². The highest BCUT2D eigenvalue weighted by Crippen LogP contribution is 2.14. The predicted molar refractivity (Wildman–Crippen MR) is 78.2 cm³/mol. The number of amides is 1. The van der Waals surface area contributed by atoms with Gasteiger partial charge in [-0.1, -0.05) is 18.2 Å². The molecule has 0 spiro atoms. The third-order valence-electron chi connectivity index (χ3n) is 3.34. The lowest BCUT2D eigenvalue weighted by Crippen LogP contribution is -2.40. The van der Waals surface area contributed by atoms with Crippen molar-refractivity contribution in [3.63, 3.8) is 0 Å². The number of hydrogen-bond acceptors (Lipinski definition) is 3. The molecule has 1 aromatic rings. The Labute approximate surface area is 115 Å². The van der Waals surface area contributed by atoms with E-state index in [4.69, 9.17) is 0 Å². The summed E-state index contributed by atoms with van der Waals surface area (Å²) in [6, 6.07) is 7.50. The van der Waals surface area contributed by atoms with Crippen molar-refractivity contribution in [2.24, 2.45) is 0 Å². The number of para-hydroxylation sites is 1. The smallest absolute Gasteiger partial charge is 0.241 e. The molecule has 0 aromatic heterocycles. The largest absolute Gasteiger partial charge is 0.393 e. The zero-order valence-electron chi connectivity index (χ0n) is 12.2. The number of likely N-dealkylation sites (N-methyl/N-ethyl adjacent to an activating group) is 1. The highest BCUT2D eigenvalue weighted by molar-refractivity contribution is 5.95. The van der Waals surface area contributed by atoms with E-state index in [2.05, 4.69) is 5.32 Å². The van der Waals surface area contributed by atoms with Gasteiger partial charge in [0.1, 0.15) is 0 Å². The lowest BCUT2D eigenvalue weighted by molar-refractivity contribution is -0.120. The van der Waals surface area contributed by atoms with E-state index in [0.717, 1.165) is 11.3 Å². The van der Waals surface area contributed by atoms with E-state index in [9.17, 15) is 9.90 Å². The van der Waals surface area contributed by atoms with Crippen LogP contribution in [0.1, 0.15) is 25.8 Å². The lowest BCUT2D eigenvalue weighted by atomic mass is 10.2. The van der Waals surface area contributed by atoms with Gasteiger partial charge in [-0.15, -0.1) is 0 Å². The number of nitrogens with one attached hydrogen (secondary N) is 1. The van der Waals surface area contributed by atoms with Gasteiger partial charge in [0.25, 0.3) is 0 Å². The van der Waals surface area contributed by atoms with Gasteiger partial charge in [-0.25, -0.2) is 0 Å². The van der Waals surface area contributed by atoms with Gasteiger partial charge in [-0.3, -0.25) is 9.69 Å². The maximum atomic E-state index is 12.1. The molecule has 4 nitrogen and oxygen atoms in total. The average Bonchev–Trinajstić information content (AvgIpc) is 2.37. The Morgan fingerprint density at radius 1 is 1.37 bits per heavy atom. The van der Waals surface area contributed by atoms with Crippen molar-refractivity contribution >= 4 is 11.6 Å². The van der Waals surface area contributed by atoms with Crippen molar-refractivity contribution in [3.8, 4) is 0 Å². The topological polar surface area (TPSA) is 52.6 Å². The van der Waals surface area contributed by atoms with Gasteiger partial charge in [-0.05, 0) is 45.9 Å². The van der Waals surface area contributed by atoms with Crippen molar-refractivity contribution in [2.45, 2.75) is 39.3 Å². The van der Waals surface area contributed by atoms with Gasteiger partial charge in [0.15, 0.2) is 0 Å². The first-order valence-electron chi connectivity index (χ1n) is 6.66. The summed E-state index contributed by atoms with van der Waals surface area (Å²) in [6.07, 6.45) is 0.326. The molecule has 106 valence electrons. The van der Waals surface area contributed by atoms with Crippen LogP contribution in [0.2, 0.25) is 0 Å². The lowest BCUT2D eigenvalue weighted by Gasteiger charge is -2.24. The molecule has 0 aliphatic rings. The average molecular weight is 264 g/mol. The van der Waals surface area contributed by atoms with Gasteiger partial charge in [0, 0.05) is 12.2 Å². The molecule has 0 aliphatic heterocycles. The van der Waals surface area contributed by atoms with Crippen LogP contribution in [-0.2, 0) is 4.79 Å². The van der Waals surface area contributed by atoms with E-state index in [1.54, 1.807) is 6.92 Å². The number of benzene rings is 1. The summed E-state index contributed by atoms with van der Waals surface area (Å²) in [4.78, 5) is 14.1. The van der Waals surface area contributed by atoms with Gasteiger partial charge >= 0.3 is 0 Å². The Morgan fingerprint density at radius 3 is 2.58 bits per heavy atom. The highest BCUT2D eigenvalue weighted by atomic mass is 16.3. The third-order valence-corrected chi connectivity index (χ3v) is 3.34. The molecule has 0 bridgehead atoms. The molecular weight excluding hydrogens is 240 g/mol. The van der Waals surface area contributed by atoms with Gasteiger partial charge in [0.05, 0.1) is 12.1 Å². The molecule has 2 unspecified atom stereocenters. The minimum absolute atomic E-state index is 0.0256. The van der Waals surface area contributed by atoms with Gasteiger partial charge < -0.3 is 10.4 Å². The number of carbonyl (C=O) groups is 1. The fourth-order valence-electron chi connectivity index (χ4n) is 1.73. The second kappa shape index (κ2) is 7.26. The molecule has 1 amide bonds. The predicted octanol–water partition coefficient (Wildman–Crippen LogP) is 2.02. The summed E-state index contributed by atoms with van der Waals surface area (Å²) in [5, 5.41) is 12.2. The molecule has 0 fully saturated rings. The van der Waals surface area contributed by atoms with E-state index in [0.29, 0.717) is 13.0 Å². The van der Waals surface area contributed by atoms with Gasteiger partial charge in [-0.2, -0.15) is 0 Å². The molecule has 0 aliphatic carbocycles. The Bertz CT molecular complexity index is 418. The van der Waals surface area contributed by atoms with E-state index < -0.39 is 0 Å². The third kappa shape index (κ3) is 5.01. The molecule has 0 radical (unpaired) electrons. The van der Waals surface area contributed by atoms with Crippen LogP contribution in [0.4, 0.5) is 5.69 Å². The summed E-state index contributed by atoms with van der Waals surface area (Å²) in [6.45, 7) is 6.29. The van der Waals surface area contributed by atoms with E-state index in [1.807, 2.05) is 50.1 Å². The second-order valence-corrected chi connectivity index (χ2v) is 5.10. The zero-order valence-corrected chi connectivity index (χ0v) is 12.2. The summed E-state index contributed by atoms with van der Waals surface area (Å²) < 4.78 is 0. The molecule has 0 saturated heterocycles. The van der Waals surface area contributed by atoms with Gasteiger partial charge in [0.2, 0.25) is 5.91 Å². The Balaban J connectivity index is 2.55. The molecule has 2 N–H and O–H groups in total. The molecule has 2 atom stereocenters. The van der Waals surface area contributed by atoms with Crippen LogP contribution < -0.4 is 5.32 Å². The van der Waals surface area contributed by atoms with Crippen LogP contribution in [0.25, 0.3) is 0 Å². The Kier molecular flexibility index (Phi) is 5.99. The molecule has 1 aromatic carbocycles. The van der Waals surface area contributed by atoms with Crippen LogP contribution in [0, 0.1) is 6.92 Å². The number of rotatable bonds is 6. The van der Waals surface area contributed by atoms with Crippen molar-refractivity contribution in [2.75, 3.05) is 18.9 Å². The van der Waals surface area contributed by atoms with E-state index in [-0.39, 0.29) is 18.1 Å². The highest BCUT2D eigenvalue weighted by Gasteiger charge is 2.18. The minimum Gasteiger partial charge on any atom is -0.393 e. The number of carbonyl (C=O) groups excluding carboxylic acids is 1. The fourth-order valence-corrected chi connectivity index (χ4v) is 1.73. The number of aliphatic hydroxyl groups is 1. The number of hydrogen-bond donors (Lipinski definition) is 2.